The fourth-order valence-corrected chi connectivity index (χ4v) is 3.79. The van der Waals surface area contributed by atoms with E-state index in [1.165, 1.54) is 48.8 Å². The van der Waals surface area contributed by atoms with Crippen molar-refractivity contribution in [3.05, 3.63) is 16.1 Å². The first-order valence-electron chi connectivity index (χ1n) is 8.05. The third-order valence-electron chi connectivity index (χ3n) is 4.39. The van der Waals surface area contributed by atoms with Crippen LogP contribution in [0.25, 0.3) is 0 Å². The maximum Gasteiger partial charge on any atom is 0.355 e. The highest BCUT2D eigenvalue weighted by Crippen LogP contribution is 2.30. The molecule has 1 fully saturated rings. The molecule has 0 aliphatic heterocycles. The van der Waals surface area contributed by atoms with Crippen LogP contribution in [-0.4, -0.2) is 22.0 Å². The van der Waals surface area contributed by atoms with Gasteiger partial charge in [-0.1, -0.05) is 39.0 Å². The summed E-state index contributed by atoms with van der Waals surface area (Å²) in [6.45, 7) is 2.37. The van der Waals surface area contributed by atoms with Crippen LogP contribution in [-0.2, 0) is 11.3 Å². The zero-order chi connectivity index (χ0) is 15.9. The van der Waals surface area contributed by atoms with Crippen LogP contribution < -0.4 is 5.32 Å². The van der Waals surface area contributed by atoms with Gasteiger partial charge >= 0.3 is 5.97 Å². The summed E-state index contributed by atoms with van der Waals surface area (Å²) in [7, 11) is 0. The molecule has 1 amide bonds. The predicted octanol–water partition coefficient (Wildman–Crippen LogP) is 3.45. The number of nitrogens with zero attached hydrogens (tertiary/aromatic N) is 1. The second-order valence-electron chi connectivity index (χ2n) is 5.99. The first-order valence-corrected chi connectivity index (χ1v) is 8.93. The molecule has 1 saturated carbocycles. The molecule has 1 heterocycles. The van der Waals surface area contributed by atoms with Crippen LogP contribution >= 0.6 is 11.3 Å². The van der Waals surface area contributed by atoms with Crippen molar-refractivity contribution >= 4 is 23.2 Å². The molecule has 1 aliphatic carbocycles. The van der Waals surface area contributed by atoms with Crippen LogP contribution in [0.4, 0.5) is 0 Å². The van der Waals surface area contributed by atoms with Crippen LogP contribution in [0, 0.1) is 11.8 Å². The van der Waals surface area contributed by atoms with Crippen LogP contribution in [0.2, 0.25) is 0 Å². The lowest BCUT2D eigenvalue weighted by Crippen LogP contribution is -2.31. The lowest BCUT2D eigenvalue weighted by atomic mass is 9.82. The number of amides is 1. The molecule has 0 aromatic carbocycles. The van der Waals surface area contributed by atoms with Gasteiger partial charge in [0, 0.05) is 11.3 Å². The molecule has 0 radical (unpaired) electrons. The van der Waals surface area contributed by atoms with Gasteiger partial charge in [0.2, 0.25) is 5.91 Å². The molecular formula is C16H24N2O3S. The minimum absolute atomic E-state index is 0.0449. The summed E-state index contributed by atoms with van der Waals surface area (Å²) in [6.07, 6.45) is 8.23. The topological polar surface area (TPSA) is 79.3 Å². The number of aromatic nitrogens is 1. The van der Waals surface area contributed by atoms with Crippen LogP contribution in [0.5, 0.6) is 0 Å². The number of carbonyl (C=O) groups excluding carboxylic acids is 1. The minimum atomic E-state index is -1.03. The number of carbonyl (C=O) groups is 2. The normalized spacial score (nSPS) is 17.1. The number of nitrogens with one attached hydrogen (secondary N) is 1. The van der Waals surface area contributed by atoms with Gasteiger partial charge < -0.3 is 10.4 Å². The minimum Gasteiger partial charge on any atom is -0.476 e. The number of rotatable bonds is 7. The fourth-order valence-electron chi connectivity index (χ4n) is 3.08. The molecule has 2 N–H and O–H groups in total. The highest BCUT2D eigenvalue weighted by molar-refractivity contribution is 7.09. The zero-order valence-electron chi connectivity index (χ0n) is 13.0. The smallest absolute Gasteiger partial charge is 0.355 e. The third-order valence-corrected chi connectivity index (χ3v) is 5.24. The molecule has 1 aliphatic rings. The van der Waals surface area contributed by atoms with Gasteiger partial charge in [-0.05, 0) is 18.8 Å². The number of thiazole rings is 1. The molecule has 5 nitrogen and oxygen atoms in total. The Morgan fingerprint density at radius 1 is 1.41 bits per heavy atom. The van der Waals surface area contributed by atoms with E-state index in [2.05, 4.69) is 17.2 Å². The zero-order valence-corrected chi connectivity index (χ0v) is 13.8. The summed E-state index contributed by atoms with van der Waals surface area (Å²) < 4.78 is 0. The Morgan fingerprint density at radius 2 is 2.14 bits per heavy atom. The molecule has 0 spiro atoms. The molecule has 6 heteroatoms. The van der Waals surface area contributed by atoms with E-state index in [9.17, 15) is 9.59 Å². The first-order chi connectivity index (χ1) is 10.6. The highest BCUT2D eigenvalue weighted by atomic mass is 32.1. The Kier molecular flexibility index (Phi) is 6.36. The van der Waals surface area contributed by atoms with E-state index in [0.29, 0.717) is 17.5 Å². The van der Waals surface area contributed by atoms with E-state index in [-0.39, 0.29) is 17.5 Å². The average Bonchev–Trinajstić information content (AvgIpc) is 3.00. The number of carboxylic acid groups (broad SMARTS) is 1. The number of carboxylic acids is 1. The molecular weight excluding hydrogens is 300 g/mol. The van der Waals surface area contributed by atoms with Crippen molar-refractivity contribution in [2.75, 3.05) is 0 Å². The maximum absolute atomic E-state index is 12.3. The van der Waals surface area contributed by atoms with Crippen molar-refractivity contribution < 1.29 is 14.7 Å². The monoisotopic (exact) mass is 324 g/mol. The van der Waals surface area contributed by atoms with E-state index in [4.69, 9.17) is 5.11 Å². The summed E-state index contributed by atoms with van der Waals surface area (Å²) in [5.74, 6) is -0.220. The van der Waals surface area contributed by atoms with Crippen molar-refractivity contribution in [3.8, 4) is 0 Å². The second-order valence-corrected chi connectivity index (χ2v) is 6.94. The Labute approximate surface area is 135 Å². The van der Waals surface area contributed by atoms with Gasteiger partial charge in [-0.3, -0.25) is 4.79 Å². The third kappa shape index (κ3) is 4.80. The Balaban J connectivity index is 1.81. The number of aromatic carboxylic acids is 1. The Bertz CT molecular complexity index is 509. The van der Waals surface area contributed by atoms with Crippen molar-refractivity contribution in [3.63, 3.8) is 0 Å². The largest absolute Gasteiger partial charge is 0.476 e. The van der Waals surface area contributed by atoms with Crippen LogP contribution in [0.15, 0.2) is 5.38 Å². The predicted molar refractivity (Wildman–Crippen MR) is 85.9 cm³/mol. The van der Waals surface area contributed by atoms with Crippen molar-refractivity contribution in [2.24, 2.45) is 11.8 Å². The summed E-state index contributed by atoms with van der Waals surface area (Å²) in [5.41, 5.74) is 0.0449. The van der Waals surface area contributed by atoms with Crippen molar-refractivity contribution in [1.82, 2.24) is 10.3 Å². The molecule has 122 valence electrons. The summed E-state index contributed by atoms with van der Waals surface area (Å²) in [5, 5.41) is 13.9. The molecule has 0 bridgehead atoms. The van der Waals surface area contributed by atoms with Gasteiger partial charge in [-0.2, -0.15) is 0 Å². The van der Waals surface area contributed by atoms with Gasteiger partial charge in [0.25, 0.3) is 0 Å². The second kappa shape index (κ2) is 8.27. The lowest BCUT2D eigenvalue weighted by molar-refractivity contribution is -0.125. The first kappa shape index (κ1) is 16.9. The van der Waals surface area contributed by atoms with Gasteiger partial charge in [0.1, 0.15) is 5.01 Å². The van der Waals surface area contributed by atoms with Gasteiger partial charge in [0.05, 0.1) is 6.54 Å². The molecule has 22 heavy (non-hydrogen) atoms. The van der Waals surface area contributed by atoms with Crippen molar-refractivity contribution in [2.45, 2.75) is 58.4 Å². The molecule has 2 rings (SSSR count). The van der Waals surface area contributed by atoms with Crippen LogP contribution in [0.3, 0.4) is 0 Å². The van der Waals surface area contributed by atoms with E-state index in [1.807, 2.05) is 0 Å². The van der Waals surface area contributed by atoms with Gasteiger partial charge in [-0.15, -0.1) is 11.3 Å². The maximum atomic E-state index is 12.3. The molecule has 1 atom stereocenters. The Hall–Kier alpha value is -1.43. The SMILES string of the molecule is CCC(CC1CCCCC1)C(=O)NCc1nc(C(=O)O)cs1. The summed E-state index contributed by atoms with van der Waals surface area (Å²) in [6, 6.07) is 0. The molecule has 1 unspecified atom stereocenters. The van der Waals surface area contributed by atoms with E-state index in [0.717, 1.165) is 12.8 Å². The van der Waals surface area contributed by atoms with E-state index in [1.54, 1.807) is 0 Å². The molecule has 0 saturated heterocycles. The average molecular weight is 324 g/mol. The van der Waals surface area contributed by atoms with Gasteiger partial charge in [-0.25, -0.2) is 9.78 Å². The Morgan fingerprint density at radius 3 is 2.73 bits per heavy atom. The number of hydrogen-bond acceptors (Lipinski definition) is 4. The van der Waals surface area contributed by atoms with Crippen LogP contribution in [0.1, 0.15) is 67.4 Å². The molecule has 1 aromatic rings. The number of hydrogen-bond donors (Lipinski definition) is 2. The fraction of sp³-hybridized carbons (Fsp3) is 0.688. The van der Waals surface area contributed by atoms with Crippen molar-refractivity contribution in [1.29, 1.82) is 0 Å². The highest BCUT2D eigenvalue weighted by Gasteiger charge is 2.23. The van der Waals surface area contributed by atoms with Gasteiger partial charge in [0.15, 0.2) is 5.69 Å². The lowest BCUT2D eigenvalue weighted by Gasteiger charge is -2.25. The molecule has 1 aromatic heterocycles. The standard InChI is InChI=1S/C16H24N2O3S/c1-2-12(8-11-6-4-3-5-7-11)15(19)17-9-14-18-13(10-22-14)16(20)21/h10-12H,2-9H2,1H3,(H,17,19)(H,20,21). The van der Waals surface area contributed by atoms with E-state index < -0.39 is 5.97 Å². The van der Waals surface area contributed by atoms with E-state index >= 15 is 0 Å². The quantitative estimate of drug-likeness (QED) is 0.805. The summed E-state index contributed by atoms with van der Waals surface area (Å²) in [4.78, 5) is 27.1. The summed E-state index contributed by atoms with van der Waals surface area (Å²) >= 11 is 1.27.